The third-order valence-corrected chi connectivity index (χ3v) is 14.0. The zero-order chi connectivity index (χ0) is 43.1. The molecule has 1 atom stereocenters. The molecule has 0 saturated carbocycles. The molecule has 306 valence electrons. The minimum absolute atomic E-state index is 0.606. The maximum absolute atomic E-state index is 2.53. The van der Waals surface area contributed by atoms with Crippen molar-refractivity contribution < 1.29 is 0 Å². The third kappa shape index (κ3) is 5.42. The summed E-state index contributed by atoms with van der Waals surface area (Å²) in [4.78, 5) is 4.91. The van der Waals surface area contributed by atoms with Crippen molar-refractivity contribution in [1.82, 2.24) is 4.57 Å². The molecule has 0 radical (unpaired) electrons. The van der Waals surface area contributed by atoms with Crippen molar-refractivity contribution in [3.8, 4) is 33.4 Å². The second kappa shape index (κ2) is 14.6. The standard InChI is InChI=1S/C62H43N3/c1-63-58-35-19-16-31-50(58)51-32-20-36-59(61(51)63)65(45-27-12-5-13-28-45)46-37-38-49-47-29-14-17-33-54(47)62(56(49)39-46)55-34-18-15-30-48(55)53-40-52(42-21-6-2-7-22-42)60(41-57(53)62)64(43-23-8-3-9-24-43)44-25-10-4-11-26-44/h2-41H,1H3. The van der Waals surface area contributed by atoms with Crippen molar-refractivity contribution in [2.24, 2.45) is 7.05 Å². The molecule has 2 aliphatic carbocycles. The maximum Gasteiger partial charge on any atom is 0.0733 e. The average Bonchev–Trinajstić information content (AvgIpc) is 3.96. The quantitative estimate of drug-likeness (QED) is 0.159. The highest BCUT2D eigenvalue weighted by atomic mass is 15.2. The summed E-state index contributed by atoms with van der Waals surface area (Å²) in [5, 5.41) is 2.50. The van der Waals surface area contributed by atoms with E-state index in [1.807, 2.05) is 0 Å². The molecule has 1 spiro atoms. The molecule has 11 aromatic rings. The number of anilines is 6. The number of hydrogen-bond acceptors (Lipinski definition) is 2. The molecule has 0 amide bonds. The van der Waals surface area contributed by atoms with Gasteiger partial charge >= 0.3 is 0 Å². The topological polar surface area (TPSA) is 11.4 Å². The van der Waals surface area contributed by atoms with E-state index in [0.717, 1.165) is 34.1 Å². The Balaban J connectivity index is 1.12. The van der Waals surface area contributed by atoms with Crippen molar-refractivity contribution >= 4 is 55.9 Å². The lowest BCUT2D eigenvalue weighted by molar-refractivity contribution is 0.793. The van der Waals surface area contributed by atoms with Crippen LogP contribution in [0.25, 0.3) is 55.2 Å². The van der Waals surface area contributed by atoms with Gasteiger partial charge in [-0.15, -0.1) is 0 Å². The number of para-hydroxylation sites is 5. The van der Waals surface area contributed by atoms with E-state index >= 15 is 0 Å². The van der Waals surface area contributed by atoms with E-state index in [2.05, 4.69) is 264 Å². The molecule has 0 bridgehead atoms. The lowest BCUT2D eigenvalue weighted by Crippen LogP contribution is -2.26. The number of aryl methyl sites for hydroxylation is 1. The fourth-order valence-electron chi connectivity index (χ4n) is 11.3. The molecule has 2 aliphatic rings. The first kappa shape index (κ1) is 37.2. The summed E-state index contributed by atoms with van der Waals surface area (Å²) in [6.07, 6.45) is 0. The lowest BCUT2D eigenvalue weighted by atomic mass is 9.70. The molecular weight excluding hydrogens is 787 g/mol. The van der Waals surface area contributed by atoms with Crippen LogP contribution in [0.1, 0.15) is 22.3 Å². The highest BCUT2D eigenvalue weighted by Gasteiger charge is 2.52. The predicted molar refractivity (Wildman–Crippen MR) is 272 cm³/mol. The normalized spacial score (nSPS) is 14.3. The fourth-order valence-corrected chi connectivity index (χ4v) is 11.3. The van der Waals surface area contributed by atoms with Crippen molar-refractivity contribution in [2.75, 3.05) is 9.80 Å². The van der Waals surface area contributed by atoms with Crippen LogP contribution in [0.2, 0.25) is 0 Å². The number of aromatic nitrogens is 1. The Morgan fingerprint density at radius 2 is 0.815 bits per heavy atom. The molecule has 3 nitrogen and oxygen atoms in total. The SMILES string of the molecule is Cn1c2ccccc2c2cccc(N(c3ccccc3)c3ccc4c(c3)C3(c5ccccc5-4)c4ccccc4-c4cc(-c5ccccc5)c(N(c5ccccc5)c5ccccc5)cc43)c21. The zero-order valence-corrected chi connectivity index (χ0v) is 35.9. The van der Waals surface area contributed by atoms with Crippen molar-refractivity contribution in [2.45, 2.75) is 5.41 Å². The van der Waals surface area contributed by atoms with Crippen LogP contribution in [0.3, 0.4) is 0 Å². The molecule has 0 saturated heterocycles. The Kier molecular flexibility index (Phi) is 8.34. The zero-order valence-electron chi connectivity index (χ0n) is 35.9. The second-order valence-corrected chi connectivity index (χ2v) is 17.3. The van der Waals surface area contributed by atoms with E-state index < -0.39 is 5.41 Å². The summed E-state index contributed by atoms with van der Waals surface area (Å²) in [7, 11) is 2.20. The van der Waals surface area contributed by atoms with Gasteiger partial charge in [0, 0.05) is 51.6 Å². The van der Waals surface area contributed by atoms with Gasteiger partial charge in [0.15, 0.2) is 0 Å². The van der Waals surface area contributed by atoms with E-state index in [1.165, 1.54) is 77.4 Å². The molecule has 13 rings (SSSR count). The minimum atomic E-state index is -0.606. The highest BCUT2D eigenvalue weighted by molar-refractivity contribution is 6.13. The first-order valence-corrected chi connectivity index (χ1v) is 22.5. The Bertz CT molecular complexity index is 3570. The summed E-state index contributed by atoms with van der Waals surface area (Å²) in [5.41, 5.74) is 21.1. The van der Waals surface area contributed by atoms with Crippen LogP contribution in [-0.4, -0.2) is 4.57 Å². The van der Waals surface area contributed by atoms with E-state index in [1.54, 1.807) is 0 Å². The number of hydrogen-bond donors (Lipinski definition) is 0. The number of nitrogens with zero attached hydrogens (tertiary/aromatic N) is 3. The highest BCUT2D eigenvalue weighted by Crippen LogP contribution is 2.65. The monoisotopic (exact) mass is 829 g/mol. The van der Waals surface area contributed by atoms with Gasteiger partial charge in [-0.05, 0) is 123 Å². The van der Waals surface area contributed by atoms with E-state index in [9.17, 15) is 0 Å². The summed E-state index contributed by atoms with van der Waals surface area (Å²) >= 11 is 0. The Morgan fingerprint density at radius 3 is 1.46 bits per heavy atom. The summed E-state index contributed by atoms with van der Waals surface area (Å²) in [6, 6.07) is 89.5. The third-order valence-electron chi connectivity index (χ3n) is 14.0. The second-order valence-electron chi connectivity index (χ2n) is 17.3. The summed E-state index contributed by atoms with van der Waals surface area (Å²) in [5.74, 6) is 0. The van der Waals surface area contributed by atoms with Gasteiger partial charge in [-0.3, -0.25) is 0 Å². The molecule has 0 aliphatic heterocycles. The Labute approximate surface area is 379 Å². The van der Waals surface area contributed by atoms with Crippen LogP contribution < -0.4 is 9.80 Å². The Morgan fingerprint density at radius 1 is 0.323 bits per heavy atom. The van der Waals surface area contributed by atoms with Crippen LogP contribution >= 0.6 is 0 Å². The number of benzene rings is 10. The summed E-state index contributed by atoms with van der Waals surface area (Å²) < 4.78 is 2.36. The van der Waals surface area contributed by atoms with Gasteiger partial charge in [0.2, 0.25) is 0 Å². The maximum atomic E-state index is 2.53. The molecule has 1 unspecified atom stereocenters. The van der Waals surface area contributed by atoms with Gasteiger partial charge in [0.05, 0.1) is 22.3 Å². The van der Waals surface area contributed by atoms with E-state index in [-0.39, 0.29) is 0 Å². The Hall–Kier alpha value is -8.40. The number of fused-ring (bicyclic) bond motifs is 13. The molecular formula is C62H43N3. The van der Waals surface area contributed by atoms with Crippen LogP contribution in [0.4, 0.5) is 34.1 Å². The molecule has 3 heteroatoms. The van der Waals surface area contributed by atoms with Crippen molar-refractivity contribution in [3.63, 3.8) is 0 Å². The predicted octanol–water partition coefficient (Wildman–Crippen LogP) is 16.3. The summed E-state index contributed by atoms with van der Waals surface area (Å²) in [6.45, 7) is 0. The van der Waals surface area contributed by atoms with Crippen LogP contribution in [0.15, 0.2) is 243 Å². The van der Waals surface area contributed by atoms with Crippen LogP contribution in [0.5, 0.6) is 0 Å². The van der Waals surface area contributed by atoms with Gasteiger partial charge in [0.25, 0.3) is 0 Å². The molecule has 65 heavy (non-hydrogen) atoms. The number of rotatable bonds is 7. The minimum Gasteiger partial charge on any atom is -0.342 e. The van der Waals surface area contributed by atoms with Gasteiger partial charge in [0.1, 0.15) is 0 Å². The largest absolute Gasteiger partial charge is 0.342 e. The van der Waals surface area contributed by atoms with Crippen LogP contribution in [0, 0.1) is 0 Å². The average molecular weight is 830 g/mol. The molecule has 1 heterocycles. The van der Waals surface area contributed by atoms with Gasteiger partial charge in [-0.2, -0.15) is 0 Å². The van der Waals surface area contributed by atoms with Gasteiger partial charge < -0.3 is 14.4 Å². The smallest absolute Gasteiger partial charge is 0.0733 e. The van der Waals surface area contributed by atoms with E-state index in [0.29, 0.717) is 0 Å². The van der Waals surface area contributed by atoms with Crippen molar-refractivity contribution in [3.05, 3.63) is 265 Å². The molecule has 10 aromatic carbocycles. The molecule has 1 aromatic heterocycles. The van der Waals surface area contributed by atoms with Gasteiger partial charge in [-0.25, -0.2) is 0 Å². The van der Waals surface area contributed by atoms with Crippen LogP contribution in [-0.2, 0) is 12.5 Å². The van der Waals surface area contributed by atoms with E-state index in [4.69, 9.17) is 0 Å². The fraction of sp³-hybridized carbons (Fsp3) is 0.0323. The first-order chi connectivity index (χ1) is 32.2. The lowest BCUT2D eigenvalue weighted by Gasteiger charge is -2.34. The molecule has 0 fully saturated rings. The molecule has 0 N–H and O–H groups in total. The van der Waals surface area contributed by atoms with Crippen molar-refractivity contribution in [1.29, 1.82) is 0 Å². The first-order valence-electron chi connectivity index (χ1n) is 22.5. The van der Waals surface area contributed by atoms with Gasteiger partial charge in [-0.1, -0.05) is 170 Å².